The van der Waals surface area contributed by atoms with Crippen LogP contribution in [0.2, 0.25) is 0 Å². The summed E-state index contributed by atoms with van der Waals surface area (Å²) in [6.45, 7) is 2.12. The van der Waals surface area contributed by atoms with Gasteiger partial charge in [-0.1, -0.05) is 0 Å². The fraction of sp³-hybridized carbons (Fsp3) is 0.667. The highest BCUT2D eigenvalue weighted by Gasteiger charge is 2.32. The van der Waals surface area contributed by atoms with Crippen molar-refractivity contribution in [2.75, 3.05) is 0 Å². The van der Waals surface area contributed by atoms with Gasteiger partial charge in [0.25, 0.3) is 0 Å². The van der Waals surface area contributed by atoms with Gasteiger partial charge in [-0.05, 0) is 6.92 Å². The summed E-state index contributed by atoms with van der Waals surface area (Å²) in [6, 6.07) is 0. The maximum absolute atomic E-state index is 10.8. The Morgan fingerprint density at radius 1 is 1.19 bits per heavy atom. The summed E-state index contributed by atoms with van der Waals surface area (Å²) in [7, 11) is 0. The molecule has 0 aliphatic rings. The van der Waals surface area contributed by atoms with Crippen molar-refractivity contribution in [3.05, 3.63) is 0 Å². The molecule has 7 nitrogen and oxygen atoms in total. The first-order valence-corrected chi connectivity index (χ1v) is 4.52. The quantitative estimate of drug-likeness (QED) is 0.270. The van der Waals surface area contributed by atoms with Gasteiger partial charge in [-0.2, -0.15) is 0 Å². The Morgan fingerprint density at radius 2 is 1.69 bits per heavy atom. The number of hydrogen-bond acceptors (Lipinski definition) is 7. The maximum Gasteiger partial charge on any atom is 0.375 e. The van der Waals surface area contributed by atoms with E-state index in [9.17, 15) is 24.6 Å². The van der Waals surface area contributed by atoms with E-state index >= 15 is 0 Å². The molecule has 0 aliphatic carbocycles. The van der Waals surface area contributed by atoms with Crippen LogP contribution < -0.4 is 0 Å². The highest BCUT2D eigenvalue weighted by Crippen LogP contribution is 2.07. The molecule has 0 aromatic heterocycles. The van der Waals surface area contributed by atoms with Crippen molar-refractivity contribution in [1.29, 1.82) is 0 Å². The molecule has 0 heterocycles. The van der Waals surface area contributed by atoms with Crippen LogP contribution in [0.4, 0.5) is 0 Å². The van der Waals surface area contributed by atoms with Gasteiger partial charge < -0.3 is 20.1 Å². The van der Waals surface area contributed by atoms with E-state index in [2.05, 4.69) is 4.74 Å². The molecule has 0 radical (unpaired) electrons. The topological polar surface area (TPSA) is 121 Å². The molecule has 0 bridgehead atoms. The first-order chi connectivity index (χ1) is 7.31. The molecule has 0 saturated carbocycles. The Labute approximate surface area is 91.6 Å². The van der Waals surface area contributed by atoms with Gasteiger partial charge in [-0.3, -0.25) is 9.59 Å². The molecule has 0 fully saturated rings. The lowest BCUT2D eigenvalue weighted by Gasteiger charge is -2.24. The first-order valence-electron chi connectivity index (χ1n) is 4.52. The van der Waals surface area contributed by atoms with Crippen LogP contribution in [0.1, 0.15) is 13.8 Å². The van der Waals surface area contributed by atoms with Gasteiger partial charge in [-0.15, -0.1) is 0 Å². The first kappa shape index (κ1) is 14.7. The van der Waals surface area contributed by atoms with Crippen molar-refractivity contribution in [1.82, 2.24) is 0 Å². The van der Waals surface area contributed by atoms with Crippen molar-refractivity contribution >= 4 is 18.0 Å². The second kappa shape index (κ2) is 6.31. The van der Waals surface area contributed by atoms with Crippen molar-refractivity contribution in [3.63, 3.8) is 0 Å². The number of carbonyl (C=O) groups is 3. The number of rotatable bonds is 6. The lowest BCUT2D eigenvalue weighted by molar-refractivity contribution is -0.169. The third-order valence-corrected chi connectivity index (χ3v) is 1.85. The molecule has 0 spiro atoms. The summed E-state index contributed by atoms with van der Waals surface area (Å²) in [4.78, 5) is 31.9. The minimum absolute atomic E-state index is 0.0666. The van der Waals surface area contributed by atoms with Gasteiger partial charge in [0, 0.05) is 6.92 Å². The molecule has 92 valence electrons. The van der Waals surface area contributed by atoms with Crippen molar-refractivity contribution in [2.24, 2.45) is 0 Å². The third-order valence-electron chi connectivity index (χ3n) is 1.85. The largest absolute Gasteiger partial charge is 0.446 e. The lowest BCUT2D eigenvalue weighted by Crippen LogP contribution is -2.46. The Bertz CT molecular complexity index is 273. The zero-order valence-electron chi connectivity index (χ0n) is 8.86. The van der Waals surface area contributed by atoms with E-state index in [1.165, 1.54) is 6.92 Å². The molecule has 0 amide bonds. The Kier molecular flexibility index (Phi) is 5.79. The molecular weight excluding hydrogens is 220 g/mol. The second-order valence-corrected chi connectivity index (χ2v) is 3.28. The molecule has 4 atom stereocenters. The van der Waals surface area contributed by atoms with Crippen LogP contribution in [0.15, 0.2) is 0 Å². The van der Waals surface area contributed by atoms with Crippen LogP contribution in [0.25, 0.3) is 0 Å². The normalized spacial score (nSPS) is 18.1. The molecule has 0 unspecified atom stereocenters. The average Bonchev–Trinajstić information content (AvgIpc) is 2.22. The predicted octanol–water partition coefficient (Wildman–Crippen LogP) is -2.21. The molecule has 7 heteroatoms. The van der Waals surface area contributed by atoms with Crippen LogP contribution in [-0.4, -0.2) is 57.8 Å². The number of hydrogen-bond donors (Lipinski definition) is 3. The van der Waals surface area contributed by atoms with E-state index in [1.807, 2.05) is 0 Å². The van der Waals surface area contributed by atoms with Crippen molar-refractivity contribution in [3.8, 4) is 0 Å². The number of ether oxygens (including phenoxy) is 1. The Morgan fingerprint density at radius 3 is 2.00 bits per heavy atom. The maximum atomic E-state index is 10.8. The van der Waals surface area contributed by atoms with Crippen molar-refractivity contribution in [2.45, 2.75) is 38.3 Å². The number of aliphatic hydroxyl groups excluding tert-OH is 3. The third kappa shape index (κ3) is 4.05. The number of aliphatic hydroxyl groups is 3. The fourth-order valence-electron chi connectivity index (χ4n) is 0.864. The smallest absolute Gasteiger partial charge is 0.375 e. The van der Waals surface area contributed by atoms with Crippen LogP contribution >= 0.6 is 0 Å². The molecule has 16 heavy (non-hydrogen) atoms. The van der Waals surface area contributed by atoms with Crippen LogP contribution in [0, 0.1) is 0 Å². The summed E-state index contributed by atoms with van der Waals surface area (Å²) >= 11 is 0. The second-order valence-electron chi connectivity index (χ2n) is 3.28. The molecule has 0 aromatic carbocycles. The van der Waals surface area contributed by atoms with E-state index in [1.54, 1.807) is 0 Å². The standard InChI is InChI=1S/C9H14O7/c1-4(11)7(13)8(14)6(3-10)16-9(15)5(2)12/h3-4,6-8,11,13-14H,1-2H3/t4-,6-,7-,8-/m1/s1. The van der Waals surface area contributed by atoms with Crippen molar-refractivity contribution < 1.29 is 34.4 Å². The zero-order chi connectivity index (χ0) is 12.9. The van der Waals surface area contributed by atoms with Crippen LogP contribution in [0.3, 0.4) is 0 Å². The van der Waals surface area contributed by atoms with Gasteiger partial charge in [0.15, 0.2) is 12.4 Å². The summed E-state index contributed by atoms with van der Waals surface area (Å²) in [5.41, 5.74) is 0. The van der Waals surface area contributed by atoms with Gasteiger partial charge in [0.05, 0.1) is 6.10 Å². The number of ketones is 1. The van der Waals surface area contributed by atoms with Gasteiger partial charge in [0.2, 0.25) is 5.78 Å². The Balaban J connectivity index is 4.55. The molecule has 0 aromatic rings. The molecular formula is C9H14O7. The number of aldehydes is 1. The molecule has 0 aliphatic heterocycles. The molecule has 0 saturated heterocycles. The van der Waals surface area contributed by atoms with Gasteiger partial charge >= 0.3 is 5.97 Å². The minimum atomic E-state index is -1.79. The van der Waals surface area contributed by atoms with E-state index < -0.39 is 36.2 Å². The molecule has 3 N–H and O–H groups in total. The zero-order valence-corrected chi connectivity index (χ0v) is 8.86. The molecule has 0 rings (SSSR count). The summed E-state index contributed by atoms with van der Waals surface area (Å²) in [6.07, 6.45) is -6.39. The highest BCUT2D eigenvalue weighted by atomic mass is 16.6. The highest BCUT2D eigenvalue weighted by molar-refractivity contribution is 6.32. The fourth-order valence-corrected chi connectivity index (χ4v) is 0.864. The van der Waals surface area contributed by atoms with Gasteiger partial charge in [0.1, 0.15) is 12.2 Å². The summed E-state index contributed by atoms with van der Waals surface area (Å²) in [5.74, 6) is -2.24. The van der Waals surface area contributed by atoms with Gasteiger partial charge in [-0.25, -0.2) is 4.79 Å². The van der Waals surface area contributed by atoms with E-state index in [4.69, 9.17) is 5.11 Å². The Hall–Kier alpha value is -1.31. The average molecular weight is 234 g/mol. The SMILES string of the molecule is CC(=O)C(=O)O[C@H](C=O)[C@@H](O)[C@H](O)[C@@H](C)O. The van der Waals surface area contributed by atoms with E-state index in [-0.39, 0.29) is 6.29 Å². The summed E-state index contributed by atoms with van der Waals surface area (Å²) < 4.78 is 4.32. The predicted molar refractivity (Wildman–Crippen MR) is 50.3 cm³/mol. The van der Waals surface area contributed by atoms with Crippen LogP contribution in [-0.2, 0) is 19.1 Å². The minimum Gasteiger partial charge on any atom is -0.446 e. The number of esters is 1. The summed E-state index contributed by atoms with van der Waals surface area (Å²) in [5, 5.41) is 27.5. The number of carbonyl (C=O) groups excluding carboxylic acids is 3. The van der Waals surface area contributed by atoms with Crippen LogP contribution in [0.5, 0.6) is 0 Å². The lowest BCUT2D eigenvalue weighted by atomic mass is 10.0. The number of Topliss-reactive ketones (excluding diaryl/α,β-unsaturated/α-hetero) is 1. The monoisotopic (exact) mass is 234 g/mol. The van der Waals surface area contributed by atoms with E-state index in [0.717, 1.165) is 6.92 Å². The van der Waals surface area contributed by atoms with E-state index in [0.29, 0.717) is 0 Å².